The van der Waals surface area contributed by atoms with Crippen molar-refractivity contribution in [2.75, 3.05) is 0 Å². The molecule has 2 N–H and O–H groups in total. The van der Waals surface area contributed by atoms with Crippen LogP contribution in [0.5, 0.6) is 0 Å². The number of sulfonamides is 1. The van der Waals surface area contributed by atoms with Crippen LogP contribution in [-0.2, 0) is 18.2 Å². The highest BCUT2D eigenvalue weighted by molar-refractivity contribution is 14.2. The zero-order valence-electron chi connectivity index (χ0n) is 15.1. The Bertz CT molecular complexity index is 1290. The molecule has 0 saturated heterocycles. The number of pyridine rings is 1. The first-order valence-electron chi connectivity index (χ1n) is 8.66. The van der Waals surface area contributed by atoms with E-state index in [9.17, 15) is 18.3 Å². The Morgan fingerprint density at radius 2 is 1.93 bits per heavy atom. The molecular formula is C19H15IN4O4S. The molecule has 2 atom stereocenters. The van der Waals surface area contributed by atoms with Crippen LogP contribution >= 0.6 is 20.7 Å². The summed E-state index contributed by atoms with van der Waals surface area (Å²) in [7, 11) is -4.07. The molecule has 3 heterocycles. The van der Waals surface area contributed by atoms with E-state index in [-0.39, 0.29) is 4.90 Å². The zero-order valence-corrected chi connectivity index (χ0v) is 18.0. The Labute approximate surface area is 176 Å². The largest absolute Gasteiger partial charge is 0.480 e. The number of halogens is 1. The van der Waals surface area contributed by atoms with Gasteiger partial charge in [-0.2, -0.15) is 9.82 Å². The van der Waals surface area contributed by atoms with Gasteiger partial charge in [0, 0.05) is 15.9 Å². The van der Waals surface area contributed by atoms with Crippen molar-refractivity contribution in [1.29, 1.82) is 0 Å². The quantitative estimate of drug-likeness (QED) is 0.377. The van der Waals surface area contributed by atoms with Gasteiger partial charge in [-0.3, -0.25) is 0 Å². The number of nitrogens with one attached hydrogen (secondary N) is 1. The molecule has 5 rings (SSSR count). The van der Waals surface area contributed by atoms with Crippen molar-refractivity contribution in [2.45, 2.75) is 20.8 Å². The molecule has 3 aromatic rings. The first-order chi connectivity index (χ1) is 13.8. The van der Waals surface area contributed by atoms with Crippen LogP contribution in [0.15, 0.2) is 66.0 Å². The van der Waals surface area contributed by atoms with E-state index in [0.717, 1.165) is 14.6 Å². The molecule has 148 valence electrons. The lowest BCUT2D eigenvalue weighted by atomic mass is 10.1. The van der Waals surface area contributed by atoms with Gasteiger partial charge in [-0.25, -0.2) is 22.9 Å². The number of nitrogens with zero attached hydrogens (tertiary/aromatic N) is 3. The fourth-order valence-electron chi connectivity index (χ4n) is 3.49. The van der Waals surface area contributed by atoms with Crippen molar-refractivity contribution >= 4 is 40.2 Å². The smallest absolute Gasteiger partial charge is 0.331 e. The standard InChI is InChI=1S/C19H15IN4O4S/c1-12-9-22-24(11-12)15-8-7-14(10-21-15)29(27,28)23-19(17(25)26)16-18(19,20-16)13-5-3-2-4-6-13/h2-11,23H,1H3,(H,25,26)/t18-,19-/m1/s1. The average Bonchev–Trinajstić information content (AvgIpc) is 3.53. The van der Waals surface area contributed by atoms with Gasteiger partial charge in [0.05, 0.1) is 6.20 Å². The molecule has 8 nitrogen and oxygen atoms in total. The Kier molecular flexibility index (Phi) is 3.86. The van der Waals surface area contributed by atoms with Crippen molar-refractivity contribution < 1.29 is 18.3 Å². The lowest BCUT2D eigenvalue weighted by molar-refractivity contribution is -0.139. The molecule has 0 unspecified atom stereocenters. The number of carbonyl (C=O) groups is 1. The lowest BCUT2D eigenvalue weighted by Gasteiger charge is -2.21. The van der Waals surface area contributed by atoms with E-state index in [4.69, 9.17) is 0 Å². The van der Waals surface area contributed by atoms with E-state index in [1.54, 1.807) is 17.1 Å². The highest BCUT2D eigenvalue weighted by atomic mass is 127. The van der Waals surface area contributed by atoms with Gasteiger partial charge in [0.2, 0.25) is 10.0 Å². The fourth-order valence-corrected chi connectivity index (χ4v) is 9.16. The minimum absolute atomic E-state index is 0.0842. The molecule has 1 aliphatic carbocycles. The topological polar surface area (TPSA) is 114 Å². The molecule has 29 heavy (non-hydrogen) atoms. The predicted molar refractivity (Wildman–Crippen MR) is 114 cm³/mol. The molecule has 1 aliphatic heterocycles. The third-order valence-corrected chi connectivity index (χ3v) is 10.9. The summed E-state index contributed by atoms with van der Waals surface area (Å²) in [5, 5.41) is 14.0. The molecular weight excluding hydrogens is 507 g/mol. The number of carboxylic acid groups (broad SMARTS) is 1. The molecule has 1 saturated carbocycles. The van der Waals surface area contributed by atoms with E-state index < -0.39 is 45.7 Å². The number of aliphatic carboxylic acids is 1. The highest BCUT2D eigenvalue weighted by Gasteiger charge is 2.89. The van der Waals surface area contributed by atoms with Crippen LogP contribution in [0.25, 0.3) is 5.82 Å². The summed E-state index contributed by atoms with van der Waals surface area (Å²) in [6, 6.07) is 12.2. The van der Waals surface area contributed by atoms with Gasteiger partial charge in [0.1, 0.15) is 8.32 Å². The molecule has 1 aromatic carbocycles. The lowest BCUT2D eigenvalue weighted by Crippen LogP contribution is -2.50. The summed E-state index contributed by atoms with van der Waals surface area (Å²) in [5.41, 5.74) is 0.265. The maximum Gasteiger partial charge on any atom is 0.331 e. The van der Waals surface area contributed by atoms with Crippen molar-refractivity contribution in [3.8, 4) is 5.82 Å². The number of hydrogen-bond donors (Lipinski definition) is 2. The molecule has 1 fully saturated rings. The third kappa shape index (κ3) is 2.55. The van der Waals surface area contributed by atoms with Gasteiger partial charge in [-0.1, -0.05) is 51.1 Å². The number of alkyl halides is 1. The van der Waals surface area contributed by atoms with E-state index in [1.165, 1.54) is 18.3 Å². The van der Waals surface area contributed by atoms with Gasteiger partial charge in [-0.15, -0.1) is 0 Å². The number of rotatable bonds is 6. The molecule has 2 aliphatic rings. The Morgan fingerprint density at radius 1 is 1.17 bits per heavy atom. The van der Waals surface area contributed by atoms with Crippen LogP contribution in [0, 0.1) is 6.92 Å². The van der Waals surface area contributed by atoms with E-state index in [0.29, 0.717) is 5.82 Å². The highest BCUT2D eigenvalue weighted by Crippen LogP contribution is 2.78. The zero-order chi connectivity index (χ0) is 20.4. The SMILES string of the molecule is Cc1cnn(-c2ccc(S(=O)(=O)N[C@@]3(C(=O)O)C4=I[C@]43c3ccccc3)cn2)c1. The van der Waals surface area contributed by atoms with Crippen molar-refractivity contribution in [3.05, 3.63) is 72.2 Å². The second-order valence-electron chi connectivity index (χ2n) is 6.91. The van der Waals surface area contributed by atoms with Gasteiger partial charge < -0.3 is 5.11 Å². The van der Waals surface area contributed by atoms with Gasteiger partial charge in [0.15, 0.2) is 11.4 Å². The summed E-state index contributed by atoms with van der Waals surface area (Å²) in [6.07, 6.45) is 4.66. The third-order valence-electron chi connectivity index (χ3n) is 5.04. The van der Waals surface area contributed by atoms with Crippen LogP contribution in [0.1, 0.15) is 11.1 Å². The number of fused-ring (bicyclic) bond motifs is 1. The summed E-state index contributed by atoms with van der Waals surface area (Å²) < 4.78 is 30.0. The van der Waals surface area contributed by atoms with Crippen molar-refractivity contribution in [1.82, 2.24) is 19.5 Å². The van der Waals surface area contributed by atoms with Crippen LogP contribution in [0.3, 0.4) is 0 Å². The second-order valence-corrected chi connectivity index (χ2v) is 11.8. The number of carboxylic acids is 1. The number of aryl methyl sites for hydroxylation is 1. The van der Waals surface area contributed by atoms with E-state index >= 15 is 0 Å². The number of hydrogen-bond acceptors (Lipinski definition) is 5. The Morgan fingerprint density at radius 3 is 2.48 bits per heavy atom. The van der Waals surface area contributed by atoms with Crippen LogP contribution in [-0.4, -0.2) is 43.3 Å². The average molecular weight is 522 g/mol. The Balaban J connectivity index is 1.45. The summed E-state index contributed by atoms with van der Waals surface area (Å²) in [6.45, 7) is 1.89. The van der Waals surface area contributed by atoms with Crippen molar-refractivity contribution in [2.24, 2.45) is 0 Å². The van der Waals surface area contributed by atoms with Gasteiger partial charge in [-0.05, 0) is 30.2 Å². The van der Waals surface area contributed by atoms with Crippen LogP contribution < -0.4 is 4.72 Å². The minimum atomic E-state index is -4.07. The molecule has 0 bridgehead atoms. The Hall–Kier alpha value is -2.44. The summed E-state index contributed by atoms with van der Waals surface area (Å²) in [5.74, 6) is -0.692. The summed E-state index contributed by atoms with van der Waals surface area (Å²) in [4.78, 5) is 16.2. The molecule has 0 spiro atoms. The number of benzene rings is 1. The normalized spacial score (nSPS) is 24.8. The van der Waals surface area contributed by atoms with Crippen molar-refractivity contribution in [3.63, 3.8) is 0 Å². The second kappa shape index (κ2) is 6.03. The maximum absolute atomic E-state index is 12.9. The molecule has 2 aromatic heterocycles. The van der Waals surface area contributed by atoms with Gasteiger partial charge >= 0.3 is 5.97 Å². The molecule has 0 amide bonds. The maximum atomic E-state index is 12.9. The van der Waals surface area contributed by atoms with E-state index in [2.05, 4.69) is 14.8 Å². The summed E-state index contributed by atoms with van der Waals surface area (Å²) >= 11 is -0.491. The first-order valence-corrected chi connectivity index (χ1v) is 12.3. The van der Waals surface area contributed by atoms with E-state index in [1.807, 2.05) is 37.3 Å². The van der Waals surface area contributed by atoms with Gasteiger partial charge in [0.25, 0.3) is 0 Å². The van der Waals surface area contributed by atoms with Crippen LogP contribution in [0.4, 0.5) is 0 Å². The fraction of sp³-hybridized carbons (Fsp3) is 0.158. The first kappa shape index (κ1) is 18.6. The minimum Gasteiger partial charge on any atom is -0.480 e. The molecule has 10 heteroatoms. The molecule has 0 radical (unpaired) electrons. The number of aromatic nitrogens is 3. The predicted octanol–water partition coefficient (Wildman–Crippen LogP) is 1.74. The monoisotopic (exact) mass is 522 g/mol. The van der Waals surface area contributed by atoms with Crippen LogP contribution in [0.2, 0.25) is 0 Å².